The molecule has 16 heavy (non-hydrogen) atoms. The molecule has 1 aliphatic heterocycles. The molecule has 90 valence electrons. The number of nitrogens with zero attached hydrogens (tertiary/aromatic N) is 2. The maximum absolute atomic E-state index is 5.72. The third-order valence-electron chi connectivity index (χ3n) is 3.16. The summed E-state index contributed by atoms with van der Waals surface area (Å²) >= 11 is 0. The fourth-order valence-electron chi connectivity index (χ4n) is 2.01. The van der Waals surface area contributed by atoms with E-state index in [2.05, 4.69) is 32.1 Å². The fourth-order valence-corrected chi connectivity index (χ4v) is 2.01. The van der Waals surface area contributed by atoms with Crippen LogP contribution in [0.2, 0.25) is 0 Å². The average molecular weight is 222 g/mol. The largest absolute Gasteiger partial charge is 0.376 e. The SMILES string of the molecule is CC(C)(C)c1cnn(CC2CCCCO2)c1. The molecule has 1 fully saturated rings. The molecule has 0 aromatic carbocycles. The molecule has 3 heteroatoms. The summed E-state index contributed by atoms with van der Waals surface area (Å²) in [6.45, 7) is 8.45. The van der Waals surface area contributed by atoms with Crippen LogP contribution in [0.3, 0.4) is 0 Å². The Labute approximate surface area is 97.8 Å². The van der Waals surface area contributed by atoms with Crippen molar-refractivity contribution < 1.29 is 4.74 Å². The highest BCUT2D eigenvalue weighted by molar-refractivity contribution is 5.15. The third kappa shape index (κ3) is 2.85. The second kappa shape index (κ2) is 4.58. The molecule has 1 unspecified atom stereocenters. The number of ether oxygens (including phenoxy) is 1. The Morgan fingerprint density at radius 2 is 2.25 bits per heavy atom. The van der Waals surface area contributed by atoms with Gasteiger partial charge in [0.25, 0.3) is 0 Å². The van der Waals surface area contributed by atoms with Crippen LogP contribution in [0.5, 0.6) is 0 Å². The number of hydrogen-bond acceptors (Lipinski definition) is 2. The van der Waals surface area contributed by atoms with Crippen LogP contribution >= 0.6 is 0 Å². The van der Waals surface area contributed by atoms with E-state index in [0.29, 0.717) is 6.10 Å². The molecule has 1 aromatic rings. The van der Waals surface area contributed by atoms with E-state index in [-0.39, 0.29) is 5.41 Å². The van der Waals surface area contributed by atoms with Crippen molar-refractivity contribution in [3.63, 3.8) is 0 Å². The van der Waals surface area contributed by atoms with E-state index in [0.717, 1.165) is 13.2 Å². The first kappa shape index (κ1) is 11.6. The van der Waals surface area contributed by atoms with E-state index < -0.39 is 0 Å². The van der Waals surface area contributed by atoms with E-state index in [1.807, 2.05) is 10.9 Å². The Morgan fingerprint density at radius 3 is 2.81 bits per heavy atom. The Morgan fingerprint density at radius 1 is 1.44 bits per heavy atom. The van der Waals surface area contributed by atoms with Crippen LogP contribution in [0.25, 0.3) is 0 Å². The topological polar surface area (TPSA) is 27.1 Å². The molecule has 0 saturated carbocycles. The number of rotatable bonds is 2. The molecule has 2 rings (SSSR count). The Kier molecular flexibility index (Phi) is 3.33. The lowest BCUT2D eigenvalue weighted by molar-refractivity contribution is 0.00397. The molecular formula is C13H22N2O. The van der Waals surface area contributed by atoms with Crippen molar-refractivity contribution in [3.8, 4) is 0 Å². The van der Waals surface area contributed by atoms with Crippen LogP contribution in [0.4, 0.5) is 0 Å². The average Bonchev–Trinajstić information content (AvgIpc) is 2.67. The molecule has 0 spiro atoms. The monoisotopic (exact) mass is 222 g/mol. The van der Waals surface area contributed by atoms with Crippen LogP contribution in [0.1, 0.15) is 45.6 Å². The molecule has 0 bridgehead atoms. The molecular weight excluding hydrogens is 200 g/mol. The van der Waals surface area contributed by atoms with Crippen molar-refractivity contribution >= 4 is 0 Å². The van der Waals surface area contributed by atoms with Crippen molar-refractivity contribution in [1.29, 1.82) is 0 Å². The van der Waals surface area contributed by atoms with E-state index in [1.54, 1.807) is 0 Å². The standard InChI is InChI=1S/C13H22N2O/c1-13(2,3)11-8-14-15(9-11)10-12-6-4-5-7-16-12/h8-9,12H,4-7,10H2,1-3H3. The molecule has 1 saturated heterocycles. The minimum atomic E-state index is 0.186. The van der Waals surface area contributed by atoms with Crippen LogP contribution in [0.15, 0.2) is 12.4 Å². The minimum Gasteiger partial charge on any atom is -0.376 e. The van der Waals surface area contributed by atoms with E-state index in [9.17, 15) is 0 Å². The molecule has 1 aliphatic rings. The first-order valence-electron chi connectivity index (χ1n) is 6.20. The highest BCUT2D eigenvalue weighted by Crippen LogP contribution is 2.21. The summed E-state index contributed by atoms with van der Waals surface area (Å²) < 4.78 is 7.74. The zero-order chi connectivity index (χ0) is 11.6. The van der Waals surface area contributed by atoms with Gasteiger partial charge in [-0.3, -0.25) is 4.68 Å². The Bertz CT molecular complexity index is 332. The Hall–Kier alpha value is -0.830. The van der Waals surface area contributed by atoms with Crippen molar-refractivity contribution in [2.75, 3.05) is 6.61 Å². The highest BCUT2D eigenvalue weighted by atomic mass is 16.5. The molecule has 0 radical (unpaired) electrons. The van der Waals surface area contributed by atoms with Gasteiger partial charge in [-0.15, -0.1) is 0 Å². The first-order valence-corrected chi connectivity index (χ1v) is 6.20. The van der Waals surface area contributed by atoms with Gasteiger partial charge in [0.15, 0.2) is 0 Å². The number of aromatic nitrogens is 2. The van der Waals surface area contributed by atoms with Gasteiger partial charge in [-0.1, -0.05) is 20.8 Å². The van der Waals surface area contributed by atoms with Gasteiger partial charge in [-0.2, -0.15) is 5.10 Å². The summed E-state index contributed by atoms with van der Waals surface area (Å²) in [6.07, 6.45) is 8.16. The van der Waals surface area contributed by atoms with Gasteiger partial charge in [-0.05, 0) is 30.2 Å². The van der Waals surface area contributed by atoms with Crippen molar-refractivity contribution in [2.24, 2.45) is 0 Å². The molecule has 0 amide bonds. The minimum absolute atomic E-state index is 0.186. The number of hydrogen-bond donors (Lipinski definition) is 0. The molecule has 0 N–H and O–H groups in total. The smallest absolute Gasteiger partial charge is 0.0770 e. The van der Waals surface area contributed by atoms with Gasteiger partial charge in [-0.25, -0.2) is 0 Å². The summed E-state index contributed by atoms with van der Waals surface area (Å²) in [5, 5.41) is 4.41. The highest BCUT2D eigenvalue weighted by Gasteiger charge is 2.18. The van der Waals surface area contributed by atoms with Gasteiger partial charge < -0.3 is 4.74 Å². The lowest BCUT2D eigenvalue weighted by atomic mass is 9.90. The van der Waals surface area contributed by atoms with Gasteiger partial charge >= 0.3 is 0 Å². The zero-order valence-corrected chi connectivity index (χ0v) is 10.6. The molecule has 3 nitrogen and oxygen atoms in total. The van der Waals surface area contributed by atoms with E-state index in [1.165, 1.54) is 24.8 Å². The molecule has 1 atom stereocenters. The molecule has 2 heterocycles. The lowest BCUT2D eigenvalue weighted by Gasteiger charge is -2.22. The Balaban J connectivity index is 1.97. The zero-order valence-electron chi connectivity index (χ0n) is 10.6. The van der Waals surface area contributed by atoms with Crippen LogP contribution in [-0.2, 0) is 16.7 Å². The summed E-state index contributed by atoms with van der Waals surface area (Å²) in [5.74, 6) is 0. The summed E-state index contributed by atoms with van der Waals surface area (Å²) in [5.41, 5.74) is 1.48. The first-order chi connectivity index (χ1) is 7.55. The summed E-state index contributed by atoms with van der Waals surface area (Å²) in [6, 6.07) is 0. The van der Waals surface area contributed by atoms with Crippen molar-refractivity contribution in [2.45, 2.75) is 58.1 Å². The van der Waals surface area contributed by atoms with Crippen LogP contribution in [-0.4, -0.2) is 22.5 Å². The molecule has 0 aliphatic carbocycles. The molecule has 1 aromatic heterocycles. The van der Waals surface area contributed by atoms with Gasteiger partial charge in [0.2, 0.25) is 0 Å². The van der Waals surface area contributed by atoms with Crippen molar-refractivity contribution in [1.82, 2.24) is 9.78 Å². The van der Waals surface area contributed by atoms with Crippen LogP contribution < -0.4 is 0 Å². The van der Waals surface area contributed by atoms with Gasteiger partial charge in [0.1, 0.15) is 0 Å². The lowest BCUT2D eigenvalue weighted by Crippen LogP contribution is -2.24. The summed E-state index contributed by atoms with van der Waals surface area (Å²) in [7, 11) is 0. The normalized spacial score (nSPS) is 22.3. The van der Waals surface area contributed by atoms with Crippen molar-refractivity contribution in [3.05, 3.63) is 18.0 Å². The maximum atomic E-state index is 5.72. The van der Waals surface area contributed by atoms with Gasteiger partial charge in [0.05, 0.1) is 18.8 Å². The van der Waals surface area contributed by atoms with Crippen LogP contribution in [0, 0.1) is 0 Å². The van der Waals surface area contributed by atoms with E-state index >= 15 is 0 Å². The summed E-state index contributed by atoms with van der Waals surface area (Å²) in [4.78, 5) is 0. The predicted molar refractivity (Wildman–Crippen MR) is 64.5 cm³/mol. The fraction of sp³-hybridized carbons (Fsp3) is 0.769. The second-order valence-corrected chi connectivity index (χ2v) is 5.69. The maximum Gasteiger partial charge on any atom is 0.0770 e. The predicted octanol–water partition coefficient (Wildman–Crippen LogP) is 2.75. The second-order valence-electron chi connectivity index (χ2n) is 5.69. The van der Waals surface area contributed by atoms with E-state index in [4.69, 9.17) is 4.74 Å². The quantitative estimate of drug-likeness (QED) is 0.769. The van der Waals surface area contributed by atoms with Gasteiger partial charge in [0, 0.05) is 12.8 Å². The third-order valence-corrected chi connectivity index (χ3v) is 3.16.